The van der Waals surface area contributed by atoms with Crippen molar-refractivity contribution >= 4 is 167 Å². The number of fused-ring (bicyclic) bond motifs is 10. The minimum Gasteiger partial charge on any atom is -0.780 e. The number of Topliss-reactive ketones (excluding diaryl/α,β-unsaturated/α-hetero) is 4. The van der Waals surface area contributed by atoms with Gasteiger partial charge in [-0.25, -0.2) is 49.9 Å². The molecule has 6 saturated heterocycles. The summed E-state index contributed by atoms with van der Waals surface area (Å²) in [6.07, 6.45) is -16.2. The zero-order valence-electron chi connectivity index (χ0n) is 83.3. The van der Waals surface area contributed by atoms with Crippen molar-refractivity contribution in [3.05, 3.63) is 121 Å². The fraction of sp³-hybridized carbons (Fsp3) is 0.600. The number of aliphatic imine (C=N–C) groups is 2. The molecule has 0 spiro atoms. The first kappa shape index (κ1) is 117. The molecule has 8 aliphatic heterocycles. The maximum atomic E-state index is 13.7. The van der Waals surface area contributed by atoms with Crippen molar-refractivity contribution in [1.29, 1.82) is 0 Å². The number of anilines is 2. The summed E-state index contributed by atoms with van der Waals surface area (Å²) >= 11 is 21.1. The summed E-state index contributed by atoms with van der Waals surface area (Å²) < 4.78 is 88.9. The number of quaternary nitrogens is 4. The summed E-state index contributed by atoms with van der Waals surface area (Å²) in [5, 5.41) is 51.3. The van der Waals surface area contributed by atoms with Crippen LogP contribution < -0.4 is 35.1 Å². The number of ether oxygens (including phenoxy) is 4. The Kier molecular flexibility index (Phi) is 43.2. The third kappa shape index (κ3) is 29.6. The van der Waals surface area contributed by atoms with Crippen LogP contribution in [0.25, 0.3) is 22.3 Å². The van der Waals surface area contributed by atoms with Crippen molar-refractivity contribution in [3.63, 3.8) is 0 Å². The number of carbonyl (C=O) groups excluding carboxylic acids is 6. The lowest BCUT2D eigenvalue weighted by molar-refractivity contribution is -0.894. The topological polar surface area (TPSA) is 564 Å². The summed E-state index contributed by atoms with van der Waals surface area (Å²) in [6.45, 7) is 28.6. The predicted octanol–water partition coefficient (Wildman–Crippen LogP) is 3.56. The van der Waals surface area contributed by atoms with Gasteiger partial charge in [0, 0.05) is 47.2 Å². The third-order valence-electron chi connectivity index (χ3n) is 25.6. The van der Waals surface area contributed by atoms with Crippen molar-refractivity contribution < 1.29 is 143 Å². The molecule has 6 fully saturated rings. The number of hydrogen-bond acceptors (Lipinski definition) is 38. The Labute approximate surface area is 855 Å². The van der Waals surface area contributed by atoms with Gasteiger partial charge in [-0.2, -0.15) is 0 Å². The molecule has 8 aliphatic rings. The van der Waals surface area contributed by atoms with Crippen LogP contribution in [0.2, 0.25) is 0 Å². The summed E-state index contributed by atoms with van der Waals surface area (Å²) in [5.41, 5.74) is 1.87. The molecule has 16 rings (SSSR count). The number of rotatable bonds is 26. The molecule has 14 heterocycles. The molecular weight excluding hydrogens is 2030 g/mol. The van der Waals surface area contributed by atoms with E-state index in [4.69, 9.17) is 103 Å². The molecule has 20 atom stereocenters. The Balaban J connectivity index is 0.000000216. The van der Waals surface area contributed by atoms with Gasteiger partial charge in [-0.3, -0.25) is 60.6 Å². The van der Waals surface area contributed by atoms with Crippen LogP contribution in [-0.2, 0) is 117 Å². The van der Waals surface area contributed by atoms with Gasteiger partial charge < -0.3 is 124 Å². The van der Waals surface area contributed by atoms with Crippen LogP contribution >= 0.6 is 27.0 Å². The molecule has 6 aromatic heterocycles. The summed E-state index contributed by atoms with van der Waals surface area (Å²) in [4.78, 5) is 163. The van der Waals surface area contributed by atoms with Crippen LogP contribution in [0, 0.1) is 11.8 Å². The van der Waals surface area contributed by atoms with Crippen LogP contribution in [0.3, 0.4) is 0 Å². The Bertz CT molecular complexity index is 5540. The van der Waals surface area contributed by atoms with Gasteiger partial charge in [-0.1, -0.05) is 75.9 Å². The summed E-state index contributed by atoms with van der Waals surface area (Å²) in [6, 6.07) is 16.8. The second-order valence-corrected chi connectivity index (χ2v) is 46.3. The number of nitrogens with one attached hydrogen (secondary N) is 6. The molecule has 0 radical (unpaired) electrons. The van der Waals surface area contributed by atoms with E-state index in [1.54, 1.807) is 108 Å². The lowest BCUT2D eigenvalue weighted by Crippen LogP contribution is -3.11. The van der Waals surface area contributed by atoms with E-state index >= 15 is 0 Å². The standard InChI is InChI=1S/2C33H36N8O13P2S2.4C6H15N/c2*1-15(2)18(42)8-17-9-19(43)22-30(38-17)41(13-36-22)32-25(45)26-21(52-32)11-50-56(48,58)54-27-24(44)20(10-49-55(47,57)53-26)51-33(27)40-14-37-23-28(34-12-35-29(23)40)39-31(46)16-6-4-3-5-7-16;4*1-4-7(5-2)6-3/h2*3-7,12-15,20-21,24-27,32-33,44-45H,8-11H2,1-2H3,(H,47,57)(H,48,58)(H,34,35,39,46);4*4-6H2,1-3H3/p+2/t2*20-,21-,24-,25-,26-,27-,32-,33-,55?,56?;;;;/m11..../s1. The first-order valence-corrected chi connectivity index (χ1v) is 58.6. The highest BCUT2D eigenvalue weighted by molar-refractivity contribution is 8.32. The van der Waals surface area contributed by atoms with Gasteiger partial charge in [0.1, 0.15) is 104 Å². The average molecular weight is 2160 g/mol. The largest absolute Gasteiger partial charge is 0.780 e. The normalized spacial score (nSPS) is 28.4. The van der Waals surface area contributed by atoms with E-state index in [0.717, 1.165) is 0 Å². The molecule has 46 nitrogen and oxygen atoms in total. The molecular formula is C90H134N20O26P4S4+2. The Hall–Kier alpha value is -7.47. The van der Waals surface area contributed by atoms with Gasteiger partial charge >= 0.3 is 13.4 Å². The molecule has 4 bridgehead atoms. The average Bonchev–Trinajstić information content (AvgIpc) is 1.61. The van der Waals surface area contributed by atoms with Crippen molar-refractivity contribution in [3.8, 4) is 0 Å². The second-order valence-electron chi connectivity index (χ2n) is 35.3. The van der Waals surface area contributed by atoms with E-state index in [-0.39, 0.29) is 106 Å². The van der Waals surface area contributed by atoms with Gasteiger partial charge in [0.05, 0.1) is 143 Å². The molecule has 8 aromatic rings. The maximum Gasteiger partial charge on any atom is 0.325 e. The van der Waals surface area contributed by atoms with E-state index in [0.29, 0.717) is 22.6 Å². The van der Waals surface area contributed by atoms with E-state index in [9.17, 15) is 68.4 Å². The number of aromatic nitrogens is 12. The maximum absolute atomic E-state index is 13.7. The SMILES string of the molecule is CC(C)C(=O)CC1=Nc2c(ncn2[C@@H]2O[C@@H]3COP(O)(=S)O[C@@H]4[C@H](O)[C@@H](COP(=O)([S-])O[C@H]3[C@H]2O)O[C@H]4n2cnc3c(NC(=O)c4ccccc4)ncnc32)C(=O)C1.CC(C)C(=O)CC1=Nc2c(ncn2[C@@H]2O[C@@H]3COP(O)(=S)O[C@@H]4[C@H](O)[C@@H](COP([O-])(=S)O[C@H]3[C@H]2O)O[C@H]4n2cnc3c(NC(=O)c4ccccc4)ncnc32)C(=O)C1.CC[NH+](CC)CC.CC[NH+](CC)CC.CC[NH+](CC)CC.CC[NH+](CC)CC. The van der Waals surface area contributed by atoms with Crippen molar-refractivity contribution in [2.45, 2.75) is 235 Å². The van der Waals surface area contributed by atoms with Crippen LogP contribution in [0.1, 0.15) is 203 Å². The lowest BCUT2D eigenvalue weighted by atomic mass is 9.98. The van der Waals surface area contributed by atoms with Crippen LogP contribution in [0.15, 0.2) is 109 Å². The summed E-state index contributed by atoms with van der Waals surface area (Å²) in [5.74, 6) is -2.35. The number of nitrogens with zero attached hydrogens (tertiary/aromatic N) is 14. The van der Waals surface area contributed by atoms with E-state index < -0.39 is 175 Å². The van der Waals surface area contributed by atoms with Crippen LogP contribution in [-0.4, -0.2) is 313 Å². The number of aliphatic hydroxyl groups excluding tert-OH is 4. The molecule has 12 N–H and O–H groups in total. The lowest BCUT2D eigenvalue weighted by Gasteiger charge is -2.34. The van der Waals surface area contributed by atoms with Crippen molar-refractivity contribution in [1.82, 2.24) is 58.1 Å². The molecule has 0 aliphatic carbocycles. The molecule has 0 saturated carbocycles. The highest BCUT2D eigenvalue weighted by atomic mass is 32.7. The molecule has 144 heavy (non-hydrogen) atoms. The third-order valence-corrected chi connectivity index (χ3v) is 31.8. The minimum absolute atomic E-state index is 0.0127. The molecule has 2 aromatic carbocycles. The monoisotopic (exact) mass is 2160 g/mol. The van der Waals surface area contributed by atoms with Crippen LogP contribution in [0.4, 0.5) is 23.3 Å². The Morgan fingerprint density at radius 2 is 0.764 bits per heavy atom. The molecule has 54 heteroatoms. The Morgan fingerprint density at radius 3 is 1.10 bits per heavy atom. The Morgan fingerprint density at radius 1 is 0.438 bits per heavy atom. The zero-order chi connectivity index (χ0) is 105. The zero-order valence-corrected chi connectivity index (χ0v) is 90.1. The smallest absolute Gasteiger partial charge is 0.325 e. The number of aliphatic hydroxyl groups is 4. The fourth-order valence-corrected chi connectivity index (χ4v) is 22.3. The predicted molar refractivity (Wildman–Crippen MR) is 540 cm³/mol. The second kappa shape index (κ2) is 53.3. The summed E-state index contributed by atoms with van der Waals surface area (Å²) in [7, 11) is 0. The number of amides is 2. The number of imidazole rings is 4. The first-order chi connectivity index (χ1) is 68.6. The van der Waals surface area contributed by atoms with E-state index in [1.165, 1.54) is 135 Å². The van der Waals surface area contributed by atoms with Crippen molar-refractivity contribution in [2.24, 2.45) is 21.8 Å². The quantitative estimate of drug-likeness (QED) is 0.0272. The molecule has 2 amide bonds. The van der Waals surface area contributed by atoms with Gasteiger partial charge in [0.25, 0.3) is 11.8 Å². The van der Waals surface area contributed by atoms with Gasteiger partial charge in [-0.15, -0.1) is 0 Å². The number of carbonyl (C=O) groups is 6. The molecule has 4 unspecified atom stereocenters. The van der Waals surface area contributed by atoms with Crippen molar-refractivity contribution in [2.75, 3.05) is 116 Å². The number of benzene rings is 2. The van der Waals surface area contributed by atoms with Gasteiger partial charge in [0.2, 0.25) is 0 Å². The number of ketones is 4. The number of hydrogen-bond donors (Lipinski definition) is 12. The van der Waals surface area contributed by atoms with E-state index in [2.05, 4.69) is 144 Å². The van der Waals surface area contributed by atoms with E-state index in [1.807, 2.05) is 0 Å². The highest BCUT2D eigenvalue weighted by Gasteiger charge is 2.55. The minimum atomic E-state index is -4.53. The molecule has 792 valence electrons. The van der Waals surface area contributed by atoms with Crippen LogP contribution in [0.5, 0.6) is 0 Å². The fourth-order valence-electron chi connectivity index (χ4n) is 16.6. The first-order valence-electron chi connectivity index (χ1n) is 48.3. The van der Waals surface area contributed by atoms with Gasteiger partial charge in [-0.05, 0) is 131 Å². The van der Waals surface area contributed by atoms with Gasteiger partial charge in [0.15, 0.2) is 100 Å². The highest BCUT2D eigenvalue weighted by Crippen LogP contribution is 2.57.